The third-order valence-electron chi connectivity index (χ3n) is 6.03. The zero-order valence-electron chi connectivity index (χ0n) is 18.8. The van der Waals surface area contributed by atoms with E-state index in [-0.39, 0.29) is 23.0 Å². The number of aromatic nitrogens is 2. The molecular weight excluding hydrogens is 456 g/mol. The van der Waals surface area contributed by atoms with Crippen molar-refractivity contribution in [3.8, 4) is 5.75 Å². The van der Waals surface area contributed by atoms with Gasteiger partial charge in [0.1, 0.15) is 18.1 Å². The molecule has 1 aliphatic carbocycles. The van der Waals surface area contributed by atoms with Gasteiger partial charge in [-0.25, -0.2) is 4.79 Å². The van der Waals surface area contributed by atoms with Crippen LogP contribution in [0.2, 0.25) is 5.02 Å². The first-order chi connectivity index (χ1) is 16.4. The molecule has 0 unspecified atom stereocenters. The van der Waals surface area contributed by atoms with Gasteiger partial charge >= 0.3 is 6.09 Å². The van der Waals surface area contributed by atoms with Gasteiger partial charge in [0.15, 0.2) is 0 Å². The highest BCUT2D eigenvalue weighted by Gasteiger charge is 2.28. The number of benzene rings is 2. The Morgan fingerprint density at radius 3 is 2.56 bits per heavy atom. The largest absolute Gasteiger partial charge is 0.489 e. The number of halogens is 1. The van der Waals surface area contributed by atoms with Crippen LogP contribution in [0.4, 0.5) is 10.5 Å². The van der Waals surface area contributed by atoms with Crippen molar-refractivity contribution in [2.45, 2.75) is 51.3 Å². The summed E-state index contributed by atoms with van der Waals surface area (Å²) >= 11 is 6.33. The number of anilines is 1. The minimum atomic E-state index is -1.02. The Kier molecular flexibility index (Phi) is 7.37. The third kappa shape index (κ3) is 5.69. The summed E-state index contributed by atoms with van der Waals surface area (Å²) in [6.45, 7) is 2.37. The van der Waals surface area contributed by atoms with Crippen LogP contribution in [0, 0.1) is 6.92 Å². The average molecular weight is 483 g/mol. The minimum Gasteiger partial charge on any atom is -0.489 e. The Morgan fingerprint density at radius 1 is 1.15 bits per heavy atom. The lowest BCUT2D eigenvalue weighted by molar-refractivity contribution is 0.101. The Balaban J connectivity index is 1.41. The van der Waals surface area contributed by atoms with Gasteiger partial charge < -0.3 is 20.5 Å². The molecule has 9 heteroatoms. The van der Waals surface area contributed by atoms with Gasteiger partial charge in [-0.2, -0.15) is 5.10 Å². The molecule has 0 spiro atoms. The van der Waals surface area contributed by atoms with Gasteiger partial charge in [0.25, 0.3) is 5.91 Å². The second kappa shape index (κ2) is 10.6. The SMILES string of the molecule is Cc1cc(OCc2ccccc2)ccc1NC(=O)c1c(Cl)cnn1[C@H]1CC[C@@H](NC(=O)O)CC1. The molecule has 4 rings (SSSR count). The van der Waals surface area contributed by atoms with E-state index in [0.29, 0.717) is 49.4 Å². The highest BCUT2D eigenvalue weighted by Crippen LogP contribution is 2.32. The van der Waals surface area contributed by atoms with E-state index in [9.17, 15) is 9.59 Å². The molecule has 178 valence electrons. The fourth-order valence-electron chi connectivity index (χ4n) is 4.26. The second-order valence-electron chi connectivity index (χ2n) is 8.45. The molecule has 2 amide bonds. The van der Waals surface area contributed by atoms with Crippen molar-refractivity contribution in [2.24, 2.45) is 0 Å². The van der Waals surface area contributed by atoms with Crippen LogP contribution in [0.5, 0.6) is 5.75 Å². The van der Waals surface area contributed by atoms with Crippen LogP contribution < -0.4 is 15.4 Å². The summed E-state index contributed by atoms with van der Waals surface area (Å²) in [5.74, 6) is 0.378. The molecule has 1 heterocycles. The summed E-state index contributed by atoms with van der Waals surface area (Å²) in [4.78, 5) is 24.0. The first-order valence-electron chi connectivity index (χ1n) is 11.2. The molecule has 1 aromatic heterocycles. The Morgan fingerprint density at radius 2 is 1.88 bits per heavy atom. The van der Waals surface area contributed by atoms with Crippen molar-refractivity contribution in [2.75, 3.05) is 5.32 Å². The smallest absolute Gasteiger partial charge is 0.404 e. The van der Waals surface area contributed by atoms with Crippen molar-refractivity contribution >= 4 is 29.3 Å². The van der Waals surface area contributed by atoms with Crippen LogP contribution in [0.1, 0.15) is 53.3 Å². The molecule has 3 N–H and O–H groups in total. The number of carbonyl (C=O) groups is 2. The number of hydrogen-bond donors (Lipinski definition) is 3. The molecule has 0 aliphatic heterocycles. The molecule has 8 nitrogen and oxygen atoms in total. The maximum Gasteiger partial charge on any atom is 0.404 e. The molecule has 1 aliphatic rings. The van der Waals surface area contributed by atoms with E-state index >= 15 is 0 Å². The zero-order chi connectivity index (χ0) is 24.1. The quantitative estimate of drug-likeness (QED) is 0.416. The van der Waals surface area contributed by atoms with Crippen molar-refractivity contribution in [1.82, 2.24) is 15.1 Å². The van der Waals surface area contributed by atoms with E-state index in [1.54, 1.807) is 4.68 Å². The van der Waals surface area contributed by atoms with E-state index in [1.165, 1.54) is 6.20 Å². The number of rotatable bonds is 7. The Bertz CT molecular complexity index is 1160. The summed E-state index contributed by atoms with van der Waals surface area (Å²) in [7, 11) is 0. The number of carboxylic acid groups (broad SMARTS) is 1. The monoisotopic (exact) mass is 482 g/mol. The van der Waals surface area contributed by atoms with Crippen LogP contribution in [0.25, 0.3) is 0 Å². The van der Waals surface area contributed by atoms with Gasteiger partial charge in [-0.3, -0.25) is 9.48 Å². The second-order valence-corrected chi connectivity index (χ2v) is 8.85. The third-order valence-corrected chi connectivity index (χ3v) is 6.31. The fourth-order valence-corrected chi connectivity index (χ4v) is 4.47. The van der Waals surface area contributed by atoms with E-state index in [2.05, 4.69) is 15.7 Å². The van der Waals surface area contributed by atoms with Crippen molar-refractivity contribution in [3.05, 3.63) is 76.6 Å². The molecule has 34 heavy (non-hydrogen) atoms. The van der Waals surface area contributed by atoms with Crippen molar-refractivity contribution in [3.63, 3.8) is 0 Å². The lowest BCUT2D eigenvalue weighted by atomic mass is 9.91. The van der Waals surface area contributed by atoms with E-state index in [4.69, 9.17) is 21.4 Å². The van der Waals surface area contributed by atoms with Crippen LogP contribution in [0.3, 0.4) is 0 Å². The van der Waals surface area contributed by atoms with Crippen LogP contribution in [-0.2, 0) is 6.61 Å². The standard InChI is InChI=1S/C25H27ClN4O4/c1-16-13-20(34-15-17-5-3-2-4-6-17)11-12-22(16)29-24(31)23-21(26)14-27-30(23)19-9-7-18(8-10-19)28-25(32)33/h2-6,11-14,18-19,28H,7-10,15H2,1H3,(H,29,31)(H,32,33)/t18-,19+. The van der Waals surface area contributed by atoms with E-state index in [1.807, 2.05) is 55.5 Å². The van der Waals surface area contributed by atoms with Gasteiger partial charge in [0.2, 0.25) is 0 Å². The number of amides is 2. The molecule has 0 atom stereocenters. The molecule has 1 fully saturated rings. The van der Waals surface area contributed by atoms with E-state index < -0.39 is 6.09 Å². The lowest BCUT2D eigenvalue weighted by Gasteiger charge is -2.29. The van der Waals surface area contributed by atoms with Gasteiger partial charge in [-0.05, 0) is 61.9 Å². The molecule has 1 saturated carbocycles. The normalized spacial score (nSPS) is 17.7. The number of nitrogens with one attached hydrogen (secondary N) is 2. The number of nitrogens with zero attached hydrogens (tertiary/aromatic N) is 2. The molecule has 3 aromatic rings. The van der Waals surface area contributed by atoms with E-state index in [0.717, 1.165) is 11.1 Å². The minimum absolute atomic E-state index is 0.0186. The molecule has 2 aromatic carbocycles. The Labute approximate surface area is 202 Å². The van der Waals surface area contributed by atoms with Crippen LogP contribution >= 0.6 is 11.6 Å². The summed E-state index contributed by atoms with van der Waals surface area (Å²) in [6, 6.07) is 15.3. The summed E-state index contributed by atoms with van der Waals surface area (Å²) in [5, 5.41) is 19.0. The van der Waals surface area contributed by atoms with Gasteiger partial charge in [-0.15, -0.1) is 0 Å². The highest BCUT2D eigenvalue weighted by atomic mass is 35.5. The maximum atomic E-state index is 13.1. The molecular formula is C25H27ClN4O4. The number of carbonyl (C=O) groups excluding carboxylic acids is 1. The topological polar surface area (TPSA) is 105 Å². The van der Waals surface area contributed by atoms with Gasteiger partial charge in [0, 0.05) is 11.7 Å². The number of hydrogen-bond acceptors (Lipinski definition) is 4. The number of aryl methyl sites for hydroxylation is 1. The molecule has 0 bridgehead atoms. The number of ether oxygens (including phenoxy) is 1. The van der Waals surface area contributed by atoms with Crippen LogP contribution in [-0.4, -0.2) is 32.9 Å². The summed E-state index contributed by atoms with van der Waals surface area (Å²) in [5.41, 5.74) is 2.91. The van der Waals surface area contributed by atoms with Gasteiger partial charge in [-0.1, -0.05) is 41.9 Å². The van der Waals surface area contributed by atoms with Crippen molar-refractivity contribution < 1.29 is 19.4 Å². The van der Waals surface area contributed by atoms with Gasteiger partial charge in [0.05, 0.1) is 17.3 Å². The predicted molar refractivity (Wildman–Crippen MR) is 130 cm³/mol. The Hall–Kier alpha value is -3.52. The highest BCUT2D eigenvalue weighted by molar-refractivity contribution is 6.34. The van der Waals surface area contributed by atoms with Crippen LogP contribution in [0.15, 0.2) is 54.7 Å². The fraction of sp³-hybridized carbons (Fsp3) is 0.320. The predicted octanol–water partition coefficient (Wildman–Crippen LogP) is 5.43. The maximum absolute atomic E-state index is 13.1. The van der Waals surface area contributed by atoms with Crippen molar-refractivity contribution in [1.29, 1.82) is 0 Å². The molecule has 0 radical (unpaired) electrons. The lowest BCUT2D eigenvalue weighted by Crippen LogP contribution is -2.37. The molecule has 0 saturated heterocycles. The average Bonchev–Trinajstić information content (AvgIpc) is 3.21. The first-order valence-corrected chi connectivity index (χ1v) is 11.6. The summed E-state index contributed by atoms with van der Waals surface area (Å²) < 4.78 is 7.53. The zero-order valence-corrected chi connectivity index (χ0v) is 19.6. The first kappa shape index (κ1) is 23.6. The summed E-state index contributed by atoms with van der Waals surface area (Å²) in [6.07, 6.45) is 3.23.